The fourth-order valence-corrected chi connectivity index (χ4v) is 7.46. The number of aliphatic hydroxyl groups excluding tert-OH is 1. The molecule has 0 bridgehead atoms. The molecule has 4 N–H and O–H groups in total. The Morgan fingerprint density at radius 2 is 1.80 bits per heavy atom. The minimum Gasteiger partial charge on any atom is -0.371 e. The fourth-order valence-electron chi connectivity index (χ4n) is 7.26. The van der Waals surface area contributed by atoms with Gasteiger partial charge in [-0.15, -0.1) is 0 Å². The summed E-state index contributed by atoms with van der Waals surface area (Å²) in [6, 6.07) is 24.0. The van der Waals surface area contributed by atoms with Crippen molar-refractivity contribution in [3.8, 4) is 0 Å². The van der Waals surface area contributed by atoms with Crippen LogP contribution in [0.2, 0.25) is 5.02 Å². The summed E-state index contributed by atoms with van der Waals surface area (Å²) in [6.45, 7) is 5.02. The summed E-state index contributed by atoms with van der Waals surface area (Å²) in [6.07, 6.45) is 4.94. The lowest BCUT2D eigenvalue weighted by Gasteiger charge is -2.44. The average Bonchev–Trinajstić information content (AvgIpc) is 3.48. The summed E-state index contributed by atoms with van der Waals surface area (Å²) in [5.74, 6) is 0.693. The summed E-state index contributed by atoms with van der Waals surface area (Å²) < 4.78 is 0. The maximum Gasteiger partial charge on any atom is 0.317 e. The van der Waals surface area contributed by atoms with Gasteiger partial charge < -0.3 is 30.5 Å². The zero-order chi connectivity index (χ0) is 30.6. The molecule has 1 fully saturated rings. The molecule has 4 atom stereocenters. The van der Waals surface area contributed by atoms with Crippen LogP contribution in [0.25, 0.3) is 10.9 Å². The second-order valence-electron chi connectivity index (χ2n) is 12.6. The molecule has 232 valence electrons. The minimum absolute atomic E-state index is 0.112. The highest BCUT2D eigenvalue weighted by molar-refractivity contribution is 6.30. The Labute approximate surface area is 265 Å². The molecule has 3 aromatic carbocycles. The molecule has 0 spiro atoms. The first-order valence-electron chi connectivity index (χ1n) is 15.9. The lowest BCUT2D eigenvalue weighted by atomic mass is 9.88. The van der Waals surface area contributed by atoms with Crippen molar-refractivity contribution in [3.63, 3.8) is 0 Å². The number of likely N-dealkylation sites (tertiary alicyclic amines) is 1. The van der Waals surface area contributed by atoms with Gasteiger partial charge >= 0.3 is 6.03 Å². The number of nitrogens with zero attached hydrogens (tertiary/aromatic N) is 2. The second kappa shape index (κ2) is 13.6. The number of para-hydroxylation sites is 1. The van der Waals surface area contributed by atoms with Crippen LogP contribution in [-0.4, -0.2) is 66.5 Å². The van der Waals surface area contributed by atoms with Crippen LogP contribution in [0.15, 0.2) is 79.0 Å². The molecule has 2 aliphatic heterocycles. The molecular weight excluding hydrogens is 570 g/mol. The maximum absolute atomic E-state index is 13.9. The van der Waals surface area contributed by atoms with Crippen molar-refractivity contribution in [2.45, 2.75) is 50.8 Å². The van der Waals surface area contributed by atoms with Crippen LogP contribution < -0.4 is 15.5 Å². The van der Waals surface area contributed by atoms with Gasteiger partial charge in [-0.25, -0.2) is 4.79 Å². The van der Waals surface area contributed by atoms with E-state index in [-0.39, 0.29) is 11.9 Å². The van der Waals surface area contributed by atoms with Gasteiger partial charge in [0.15, 0.2) is 0 Å². The number of rotatable bonds is 9. The van der Waals surface area contributed by atoms with E-state index in [9.17, 15) is 9.90 Å². The number of aliphatic hydroxyl groups is 1. The van der Waals surface area contributed by atoms with Crippen LogP contribution in [-0.2, 0) is 12.8 Å². The molecule has 8 heteroatoms. The number of fused-ring (bicyclic) bond motifs is 2. The molecule has 1 saturated heterocycles. The van der Waals surface area contributed by atoms with E-state index in [1.165, 1.54) is 5.56 Å². The number of carbonyl (C=O) groups excluding carboxylic acids is 1. The third kappa shape index (κ3) is 6.60. The smallest absolute Gasteiger partial charge is 0.317 e. The van der Waals surface area contributed by atoms with Crippen LogP contribution in [0.5, 0.6) is 0 Å². The quantitative estimate of drug-likeness (QED) is 0.182. The van der Waals surface area contributed by atoms with Gasteiger partial charge in [-0.1, -0.05) is 67.1 Å². The third-order valence-electron chi connectivity index (χ3n) is 9.66. The number of aromatic amines is 1. The molecule has 6 rings (SSSR count). The van der Waals surface area contributed by atoms with Crippen molar-refractivity contribution in [1.82, 2.24) is 20.5 Å². The summed E-state index contributed by atoms with van der Waals surface area (Å²) in [4.78, 5) is 21.3. The van der Waals surface area contributed by atoms with Gasteiger partial charge in [0, 0.05) is 53.4 Å². The summed E-state index contributed by atoms with van der Waals surface area (Å²) >= 11 is 6.41. The molecule has 7 nitrogen and oxygen atoms in total. The predicted molar refractivity (Wildman–Crippen MR) is 179 cm³/mol. The van der Waals surface area contributed by atoms with Crippen LogP contribution in [0.3, 0.4) is 0 Å². The Hall–Kier alpha value is -3.52. The molecule has 0 aliphatic carbocycles. The van der Waals surface area contributed by atoms with Gasteiger partial charge in [-0.3, -0.25) is 0 Å². The normalized spacial score (nSPS) is 19.4. The third-order valence-corrected chi connectivity index (χ3v) is 9.89. The van der Waals surface area contributed by atoms with Gasteiger partial charge in [-0.05, 0) is 92.1 Å². The van der Waals surface area contributed by atoms with Gasteiger partial charge in [0.25, 0.3) is 0 Å². The number of nitrogens with one attached hydrogen (secondary N) is 3. The first-order valence-corrected chi connectivity index (χ1v) is 16.3. The molecule has 3 unspecified atom stereocenters. The van der Waals surface area contributed by atoms with Gasteiger partial charge in [0.1, 0.15) is 6.23 Å². The SMILES string of the molecule is CNC[C@H]1Cc2cc(Cl)ccc2N(C(O)C(NC(=O)N2CCC(Cc3ccccc3)CC2)C(C)c2c[nH]c3ccccc23)C1. The highest BCUT2D eigenvalue weighted by Crippen LogP contribution is 2.36. The van der Waals surface area contributed by atoms with Gasteiger partial charge in [-0.2, -0.15) is 0 Å². The highest BCUT2D eigenvalue weighted by atomic mass is 35.5. The Morgan fingerprint density at radius 1 is 1.05 bits per heavy atom. The Morgan fingerprint density at radius 3 is 2.57 bits per heavy atom. The van der Waals surface area contributed by atoms with Crippen molar-refractivity contribution in [3.05, 3.63) is 101 Å². The number of hydrogen-bond donors (Lipinski definition) is 4. The van der Waals surface area contributed by atoms with Crippen LogP contribution in [0, 0.1) is 11.8 Å². The standard InChI is InChI=1S/C36H44ClN5O2/c1-24(31-22-39-32-11-7-6-10-30(31)32)34(35(43)42-23-27(21-38-2)19-28-20-29(37)12-13-33(28)42)40-36(44)41-16-14-26(15-17-41)18-25-8-4-3-5-9-25/h3-13,20,22,24,26-27,34-35,38-39,43H,14-19,21,23H2,1-2H3,(H,40,44)/t24?,27-,34?,35?/m1/s1. The molecular formula is C36H44ClN5O2. The fraction of sp³-hybridized carbons (Fsp3) is 0.417. The van der Waals surface area contributed by atoms with E-state index in [1.54, 1.807) is 0 Å². The van der Waals surface area contributed by atoms with E-state index < -0.39 is 12.3 Å². The number of amides is 2. The Bertz CT molecular complexity index is 1550. The van der Waals surface area contributed by atoms with Gasteiger partial charge in [0.05, 0.1) is 6.04 Å². The number of halogens is 1. The van der Waals surface area contributed by atoms with Crippen molar-refractivity contribution >= 4 is 34.2 Å². The lowest BCUT2D eigenvalue weighted by molar-refractivity contribution is 0.0999. The number of anilines is 1. The number of urea groups is 1. The second-order valence-corrected chi connectivity index (χ2v) is 13.1. The first kappa shape index (κ1) is 30.5. The molecule has 4 aromatic rings. The number of aromatic nitrogens is 1. The van der Waals surface area contributed by atoms with E-state index in [0.29, 0.717) is 36.5 Å². The molecule has 3 heterocycles. The van der Waals surface area contributed by atoms with E-state index in [2.05, 4.69) is 69.9 Å². The Balaban J connectivity index is 1.25. The Kier molecular flexibility index (Phi) is 9.45. The van der Waals surface area contributed by atoms with E-state index in [0.717, 1.165) is 59.9 Å². The molecule has 2 aliphatic rings. The lowest BCUT2D eigenvalue weighted by Crippen LogP contribution is -2.59. The molecule has 1 aromatic heterocycles. The van der Waals surface area contributed by atoms with E-state index in [4.69, 9.17) is 11.6 Å². The molecule has 44 heavy (non-hydrogen) atoms. The summed E-state index contributed by atoms with van der Waals surface area (Å²) in [7, 11) is 1.96. The van der Waals surface area contributed by atoms with Crippen molar-refractivity contribution in [2.24, 2.45) is 11.8 Å². The van der Waals surface area contributed by atoms with Crippen LogP contribution >= 0.6 is 11.6 Å². The monoisotopic (exact) mass is 613 g/mol. The number of hydrogen-bond acceptors (Lipinski definition) is 4. The van der Waals surface area contributed by atoms with Crippen LogP contribution in [0.4, 0.5) is 10.5 Å². The summed E-state index contributed by atoms with van der Waals surface area (Å²) in [5, 5.41) is 20.7. The van der Waals surface area contributed by atoms with Crippen molar-refractivity contribution < 1.29 is 9.90 Å². The van der Waals surface area contributed by atoms with E-state index in [1.807, 2.05) is 48.5 Å². The zero-order valence-corrected chi connectivity index (χ0v) is 26.4. The number of H-pyrrole nitrogens is 1. The largest absolute Gasteiger partial charge is 0.371 e. The van der Waals surface area contributed by atoms with Crippen LogP contribution in [0.1, 0.15) is 42.4 Å². The topological polar surface area (TPSA) is 83.6 Å². The van der Waals surface area contributed by atoms with E-state index >= 15 is 0 Å². The minimum atomic E-state index is -0.946. The van der Waals surface area contributed by atoms with Crippen molar-refractivity contribution in [2.75, 3.05) is 38.1 Å². The number of benzene rings is 3. The molecule has 0 saturated carbocycles. The number of piperidine rings is 1. The number of carbonyl (C=O) groups is 1. The van der Waals surface area contributed by atoms with Crippen molar-refractivity contribution in [1.29, 1.82) is 0 Å². The first-order chi connectivity index (χ1) is 21.4. The molecule has 0 radical (unpaired) electrons. The van der Waals surface area contributed by atoms with Gasteiger partial charge in [0.2, 0.25) is 0 Å². The predicted octanol–water partition coefficient (Wildman–Crippen LogP) is 6.17. The average molecular weight is 614 g/mol. The zero-order valence-electron chi connectivity index (χ0n) is 25.7. The molecule has 2 amide bonds. The summed E-state index contributed by atoms with van der Waals surface area (Å²) in [5.41, 5.74) is 5.56. The maximum atomic E-state index is 13.9. The highest BCUT2D eigenvalue weighted by Gasteiger charge is 2.38.